The van der Waals surface area contributed by atoms with Crippen LogP contribution in [0.3, 0.4) is 0 Å². The van der Waals surface area contributed by atoms with Crippen molar-refractivity contribution in [1.29, 1.82) is 0 Å². The highest BCUT2D eigenvalue weighted by Crippen LogP contribution is 2.29. The Labute approximate surface area is 138 Å². The summed E-state index contributed by atoms with van der Waals surface area (Å²) in [5.74, 6) is 0.968. The van der Waals surface area contributed by atoms with Crippen LogP contribution in [0.1, 0.15) is 6.92 Å². The van der Waals surface area contributed by atoms with E-state index >= 15 is 0 Å². The molecular weight excluding hydrogens is 325 g/mol. The number of ether oxygens (including phenoxy) is 2. The van der Waals surface area contributed by atoms with E-state index in [1.54, 1.807) is 56.5 Å². The number of anilines is 1. The minimum atomic E-state index is -0.691. The van der Waals surface area contributed by atoms with Crippen molar-refractivity contribution in [2.45, 2.75) is 13.0 Å². The topological polar surface area (TPSA) is 47.6 Å². The first-order chi connectivity index (χ1) is 10.5. The first-order valence-electron chi connectivity index (χ1n) is 6.57. The Bertz CT molecular complexity index is 659. The average Bonchev–Trinajstić information content (AvgIpc) is 2.52. The number of carbonyl (C=O) groups excluding carboxylic acids is 1. The van der Waals surface area contributed by atoms with Crippen molar-refractivity contribution in [3.05, 3.63) is 52.5 Å². The van der Waals surface area contributed by atoms with Gasteiger partial charge in [-0.1, -0.05) is 29.3 Å². The van der Waals surface area contributed by atoms with Crippen molar-refractivity contribution in [1.82, 2.24) is 0 Å². The zero-order valence-electron chi connectivity index (χ0n) is 12.1. The van der Waals surface area contributed by atoms with Gasteiger partial charge in [-0.05, 0) is 43.3 Å². The summed E-state index contributed by atoms with van der Waals surface area (Å²) in [5.41, 5.74) is 0.448. The number of amides is 1. The van der Waals surface area contributed by atoms with Gasteiger partial charge < -0.3 is 14.8 Å². The lowest BCUT2D eigenvalue weighted by molar-refractivity contribution is -0.122. The van der Waals surface area contributed by atoms with E-state index in [1.165, 1.54) is 0 Å². The quantitative estimate of drug-likeness (QED) is 0.877. The average molecular weight is 340 g/mol. The Kier molecular flexibility index (Phi) is 5.52. The number of methoxy groups -OCH3 is 1. The number of hydrogen-bond donors (Lipinski definition) is 1. The van der Waals surface area contributed by atoms with Crippen molar-refractivity contribution >= 4 is 34.8 Å². The maximum absolute atomic E-state index is 12.1. The molecule has 0 bridgehead atoms. The molecule has 0 aliphatic rings. The molecule has 1 atom stereocenters. The van der Waals surface area contributed by atoms with Crippen LogP contribution in [0.2, 0.25) is 10.0 Å². The van der Waals surface area contributed by atoms with Gasteiger partial charge in [0.15, 0.2) is 6.10 Å². The minimum Gasteiger partial charge on any atom is -0.497 e. The molecule has 2 aromatic carbocycles. The van der Waals surface area contributed by atoms with Gasteiger partial charge in [0.25, 0.3) is 5.91 Å². The smallest absolute Gasteiger partial charge is 0.265 e. The number of carbonyl (C=O) groups is 1. The number of nitrogens with one attached hydrogen (secondary N) is 1. The third kappa shape index (κ3) is 4.06. The summed E-state index contributed by atoms with van der Waals surface area (Å²) in [6.45, 7) is 1.65. The lowest BCUT2D eigenvalue weighted by Gasteiger charge is -2.15. The highest BCUT2D eigenvalue weighted by Gasteiger charge is 2.16. The van der Waals surface area contributed by atoms with E-state index in [-0.39, 0.29) is 5.91 Å². The molecule has 6 heteroatoms. The lowest BCUT2D eigenvalue weighted by Crippen LogP contribution is -2.30. The standard InChI is InChI=1S/C16H15Cl2NO3/c1-10(22-12-8-6-11(21-2)7-9-12)16(20)19-14-5-3-4-13(17)15(14)18/h3-10H,1-2H3,(H,19,20). The fraction of sp³-hybridized carbons (Fsp3) is 0.188. The maximum Gasteiger partial charge on any atom is 0.265 e. The van der Waals surface area contributed by atoms with Crippen molar-refractivity contribution in [3.8, 4) is 11.5 Å². The Morgan fingerprint density at radius 2 is 1.73 bits per heavy atom. The van der Waals surface area contributed by atoms with Gasteiger partial charge in [0.05, 0.1) is 22.8 Å². The molecule has 4 nitrogen and oxygen atoms in total. The van der Waals surface area contributed by atoms with Crippen LogP contribution in [0.4, 0.5) is 5.69 Å². The van der Waals surface area contributed by atoms with Crippen LogP contribution < -0.4 is 14.8 Å². The Morgan fingerprint density at radius 1 is 1.09 bits per heavy atom. The summed E-state index contributed by atoms with van der Waals surface area (Å²) in [4.78, 5) is 12.1. The zero-order chi connectivity index (χ0) is 16.1. The Hall–Kier alpha value is -1.91. The molecule has 116 valence electrons. The first kappa shape index (κ1) is 16.5. The van der Waals surface area contributed by atoms with Crippen LogP contribution in [0.5, 0.6) is 11.5 Å². The second kappa shape index (κ2) is 7.38. The van der Waals surface area contributed by atoms with E-state index < -0.39 is 6.10 Å². The molecule has 22 heavy (non-hydrogen) atoms. The van der Waals surface area contributed by atoms with Gasteiger partial charge in [0.1, 0.15) is 11.5 Å². The SMILES string of the molecule is COc1ccc(OC(C)C(=O)Nc2cccc(Cl)c2Cl)cc1. The van der Waals surface area contributed by atoms with Gasteiger partial charge in [-0.3, -0.25) is 4.79 Å². The van der Waals surface area contributed by atoms with Crippen molar-refractivity contribution < 1.29 is 14.3 Å². The number of rotatable bonds is 5. The Morgan fingerprint density at radius 3 is 2.36 bits per heavy atom. The predicted octanol–water partition coefficient (Wildman–Crippen LogP) is 4.41. The van der Waals surface area contributed by atoms with Gasteiger partial charge in [-0.25, -0.2) is 0 Å². The molecule has 0 aliphatic heterocycles. The van der Waals surface area contributed by atoms with Gasteiger partial charge >= 0.3 is 0 Å². The van der Waals surface area contributed by atoms with Crippen LogP contribution in [-0.4, -0.2) is 19.1 Å². The van der Waals surface area contributed by atoms with Crippen LogP contribution in [-0.2, 0) is 4.79 Å². The molecule has 0 aromatic heterocycles. The Balaban J connectivity index is 2.01. The maximum atomic E-state index is 12.1. The van der Waals surface area contributed by atoms with Crippen molar-refractivity contribution in [3.63, 3.8) is 0 Å². The molecule has 0 heterocycles. The highest BCUT2D eigenvalue weighted by atomic mass is 35.5. The van der Waals surface area contributed by atoms with Crippen LogP contribution in [0, 0.1) is 0 Å². The molecule has 0 radical (unpaired) electrons. The summed E-state index contributed by atoms with van der Waals surface area (Å²) >= 11 is 11.9. The van der Waals surface area contributed by atoms with Gasteiger partial charge in [0.2, 0.25) is 0 Å². The van der Waals surface area contributed by atoms with Crippen molar-refractivity contribution in [2.24, 2.45) is 0 Å². The summed E-state index contributed by atoms with van der Waals surface area (Å²) in [6.07, 6.45) is -0.691. The van der Waals surface area contributed by atoms with Gasteiger partial charge in [-0.2, -0.15) is 0 Å². The molecule has 0 saturated heterocycles. The first-order valence-corrected chi connectivity index (χ1v) is 7.32. The molecule has 0 spiro atoms. The number of hydrogen-bond acceptors (Lipinski definition) is 3. The van der Waals surface area contributed by atoms with Gasteiger partial charge in [0, 0.05) is 0 Å². The molecule has 1 unspecified atom stereocenters. The van der Waals surface area contributed by atoms with Gasteiger partial charge in [-0.15, -0.1) is 0 Å². The van der Waals surface area contributed by atoms with E-state index in [2.05, 4.69) is 5.32 Å². The van der Waals surface area contributed by atoms with Crippen LogP contribution >= 0.6 is 23.2 Å². The van der Waals surface area contributed by atoms with E-state index in [9.17, 15) is 4.79 Å². The number of halogens is 2. The van der Waals surface area contributed by atoms with Crippen LogP contribution in [0.15, 0.2) is 42.5 Å². The molecule has 1 amide bonds. The highest BCUT2D eigenvalue weighted by molar-refractivity contribution is 6.44. The summed E-state index contributed by atoms with van der Waals surface area (Å²) in [5, 5.41) is 3.37. The largest absolute Gasteiger partial charge is 0.497 e. The number of benzene rings is 2. The fourth-order valence-electron chi connectivity index (χ4n) is 1.75. The molecule has 2 rings (SSSR count). The molecule has 1 N–H and O–H groups in total. The predicted molar refractivity (Wildman–Crippen MR) is 88.2 cm³/mol. The summed E-state index contributed by atoms with van der Waals surface area (Å²) in [6, 6.07) is 12.0. The molecule has 0 fully saturated rings. The second-order valence-corrected chi connectivity index (χ2v) is 5.31. The lowest BCUT2D eigenvalue weighted by atomic mass is 10.3. The normalized spacial score (nSPS) is 11.6. The molecule has 2 aromatic rings. The third-order valence-electron chi connectivity index (χ3n) is 2.95. The zero-order valence-corrected chi connectivity index (χ0v) is 13.6. The minimum absolute atomic E-state index is 0.300. The summed E-state index contributed by atoms with van der Waals surface area (Å²) in [7, 11) is 1.58. The fourth-order valence-corrected chi connectivity index (χ4v) is 2.09. The molecule has 0 aliphatic carbocycles. The molecular formula is C16H15Cl2NO3. The van der Waals surface area contributed by atoms with Crippen molar-refractivity contribution in [2.75, 3.05) is 12.4 Å². The van der Waals surface area contributed by atoms with E-state index in [0.29, 0.717) is 21.5 Å². The van der Waals surface area contributed by atoms with E-state index in [1.807, 2.05) is 0 Å². The van der Waals surface area contributed by atoms with E-state index in [4.69, 9.17) is 32.7 Å². The monoisotopic (exact) mass is 339 g/mol. The third-order valence-corrected chi connectivity index (χ3v) is 3.77. The molecule has 0 saturated carbocycles. The second-order valence-electron chi connectivity index (χ2n) is 4.53. The van der Waals surface area contributed by atoms with Crippen LogP contribution in [0.25, 0.3) is 0 Å². The summed E-state index contributed by atoms with van der Waals surface area (Å²) < 4.78 is 10.6. The van der Waals surface area contributed by atoms with E-state index in [0.717, 1.165) is 5.75 Å².